The Labute approximate surface area is 200 Å². The van der Waals surface area contributed by atoms with Crippen LogP contribution in [0.15, 0.2) is 71.6 Å². The summed E-state index contributed by atoms with van der Waals surface area (Å²) in [5.74, 6) is -0.139. The highest BCUT2D eigenvalue weighted by Gasteiger charge is 2.29. The summed E-state index contributed by atoms with van der Waals surface area (Å²) < 4.78 is 29.3. The lowest BCUT2D eigenvalue weighted by molar-refractivity contribution is -0.127. The summed E-state index contributed by atoms with van der Waals surface area (Å²) in [6.07, 6.45) is 3.38. The topological polar surface area (TPSA) is 86.4 Å². The fourth-order valence-electron chi connectivity index (χ4n) is 4.20. The van der Waals surface area contributed by atoms with Gasteiger partial charge in [-0.2, -0.15) is 9.57 Å². The molecule has 0 spiro atoms. The number of sulfonamides is 1. The highest BCUT2D eigenvalue weighted by atomic mass is 32.2. The van der Waals surface area contributed by atoms with Gasteiger partial charge >= 0.3 is 0 Å². The summed E-state index contributed by atoms with van der Waals surface area (Å²) in [5.41, 5.74) is 4.58. The second kappa shape index (κ2) is 9.67. The molecule has 0 atom stereocenters. The van der Waals surface area contributed by atoms with Crippen LogP contribution in [0.5, 0.6) is 0 Å². The first-order valence-electron chi connectivity index (χ1n) is 11.0. The van der Waals surface area contributed by atoms with Crippen LogP contribution >= 0.6 is 0 Å². The van der Waals surface area contributed by atoms with Gasteiger partial charge in [0.05, 0.1) is 16.5 Å². The van der Waals surface area contributed by atoms with Crippen molar-refractivity contribution in [3.63, 3.8) is 0 Å². The van der Waals surface area contributed by atoms with E-state index in [0.29, 0.717) is 18.7 Å². The van der Waals surface area contributed by atoms with E-state index in [1.165, 1.54) is 28.6 Å². The Bertz CT molecular complexity index is 1360. The number of benzene rings is 2. The number of para-hydroxylation sites is 1. The maximum Gasteiger partial charge on any atom is 0.246 e. The molecule has 2 aromatic carbocycles. The van der Waals surface area contributed by atoms with Crippen LogP contribution in [0.25, 0.3) is 11.8 Å². The molecule has 0 radical (unpaired) electrons. The van der Waals surface area contributed by atoms with Crippen molar-refractivity contribution < 1.29 is 13.2 Å². The van der Waals surface area contributed by atoms with Crippen LogP contribution in [0.1, 0.15) is 22.5 Å². The van der Waals surface area contributed by atoms with Gasteiger partial charge in [0.2, 0.25) is 15.9 Å². The molecule has 0 bridgehead atoms. The number of nitriles is 1. The van der Waals surface area contributed by atoms with Crippen molar-refractivity contribution in [2.24, 2.45) is 0 Å². The molecule has 1 aliphatic heterocycles. The molecule has 0 unspecified atom stereocenters. The van der Waals surface area contributed by atoms with Gasteiger partial charge in [-0.3, -0.25) is 4.79 Å². The predicted molar refractivity (Wildman–Crippen MR) is 131 cm³/mol. The molecular weight excluding hydrogens is 448 g/mol. The fourth-order valence-corrected chi connectivity index (χ4v) is 5.62. The maximum atomic E-state index is 12.9. The minimum atomic E-state index is -3.66. The number of carbonyl (C=O) groups is 1. The Balaban J connectivity index is 1.41. The average Bonchev–Trinajstić information content (AvgIpc) is 3.15. The number of aromatic nitrogens is 1. The van der Waals surface area contributed by atoms with Crippen molar-refractivity contribution in [3.05, 3.63) is 89.3 Å². The maximum absolute atomic E-state index is 12.9. The molecule has 4 rings (SSSR count). The third-order valence-electron chi connectivity index (χ3n) is 6.06. The summed E-state index contributed by atoms with van der Waals surface area (Å²) in [7, 11) is -3.66. The molecule has 3 aromatic rings. The zero-order chi connectivity index (χ0) is 24.3. The predicted octanol–water partition coefficient (Wildman–Crippen LogP) is 3.51. The van der Waals surface area contributed by atoms with E-state index >= 15 is 0 Å². The van der Waals surface area contributed by atoms with E-state index in [2.05, 4.69) is 4.57 Å². The first-order valence-corrected chi connectivity index (χ1v) is 12.5. The molecule has 1 amide bonds. The Morgan fingerprint density at radius 2 is 1.62 bits per heavy atom. The summed E-state index contributed by atoms with van der Waals surface area (Å²) >= 11 is 0. The summed E-state index contributed by atoms with van der Waals surface area (Å²) in [5, 5.41) is 8.91. The molecule has 2 heterocycles. The monoisotopic (exact) mass is 474 g/mol. The van der Waals surface area contributed by atoms with E-state index in [-0.39, 0.29) is 23.9 Å². The molecule has 1 saturated heterocycles. The van der Waals surface area contributed by atoms with Crippen LogP contribution in [0.4, 0.5) is 0 Å². The Morgan fingerprint density at radius 1 is 0.971 bits per heavy atom. The number of piperazine rings is 1. The first-order chi connectivity index (χ1) is 16.3. The van der Waals surface area contributed by atoms with Crippen LogP contribution in [0, 0.1) is 25.2 Å². The smallest absolute Gasteiger partial charge is 0.246 e. The highest BCUT2D eigenvalue weighted by Crippen LogP contribution is 2.22. The largest absolute Gasteiger partial charge is 0.337 e. The third-order valence-corrected chi connectivity index (χ3v) is 7.97. The quantitative estimate of drug-likeness (QED) is 0.530. The molecule has 1 aromatic heterocycles. The Hall–Kier alpha value is -3.67. The van der Waals surface area contributed by atoms with Gasteiger partial charge in [0.1, 0.15) is 0 Å². The van der Waals surface area contributed by atoms with E-state index in [4.69, 9.17) is 5.26 Å². The molecule has 1 fully saturated rings. The normalized spacial score (nSPS) is 14.9. The van der Waals surface area contributed by atoms with Crippen LogP contribution in [0.2, 0.25) is 0 Å². The Kier molecular flexibility index (Phi) is 6.68. The van der Waals surface area contributed by atoms with E-state index in [1.54, 1.807) is 11.0 Å². The molecule has 0 N–H and O–H groups in total. The average molecular weight is 475 g/mol. The minimum absolute atomic E-state index is 0.139. The van der Waals surface area contributed by atoms with Gasteiger partial charge in [0, 0.05) is 49.3 Å². The highest BCUT2D eigenvalue weighted by molar-refractivity contribution is 7.89. The number of rotatable bonds is 5. The standard InChI is InChI=1S/C26H26N4O3S/c1-20-18-23(21(2)30(20)24-6-4-3-5-7-24)10-13-26(31)28-14-16-29(17-15-28)34(32,33)25-11-8-22(19-27)9-12-25/h3-13,18H,14-17H2,1-2H3/b13-10+. The van der Waals surface area contributed by atoms with Gasteiger partial charge in [0.15, 0.2) is 0 Å². The van der Waals surface area contributed by atoms with E-state index in [9.17, 15) is 13.2 Å². The van der Waals surface area contributed by atoms with Gasteiger partial charge in [-0.15, -0.1) is 0 Å². The molecule has 34 heavy (non-hydrogen) atoms. The van der Waals surface area contributed by atoms with Gasteiger partial charge in [0.25, 0.3) is 0 Å². The van der Waals surface area contributed by atoms with Crippen LogP contribution < -0.4 is 0 Å². The Morgan fingerprint density at radius 3 is 2.24 bits per heavy atom. The van der Waals surface area contributed by atoms with Crippen molar-refractivity contribution in [1.82, 2.24) is 13.8 Å². The second-order valence-corrected chi connectivity index (χ2v) is 10.1. The van der Waals surface area contributed by atoms with E-state index in [0.717, 1.165) is 22.6 Å². The molecule has 8 heteroatoms. The lowest BCUT2D eigenvalue weighted by Crippen LogP contribution is -2.50. The molecule has 7 nitrogen and oxygen atoms in total. The van der Waals surface area contributed by atoms with Gasteiger partial charge in [-0.1, -0.05) is 18.2 Å². The summed E-state index contributed by atoms with van der Waals surface area (Å²) in [6, 6.07) is 20.0. The molecule has 174 valence electrons. The number of carbonyl (C=O) groups excluding carboxylic acids is 1. The lowest BCUT2D eigenvalue weighted by atomic mass is 10.2. The molecular formula is C26H26N4O3S. The third kappa shape index (κ3) is 4.67. The van der Waals surface area contributed by atoms with Gasteiger partial charge in [-0.05, 0) is 68.0 Å². The summed E-state index contributed by atoms with van der Waals surface area (Å²) in [6.45, 7) is 5.15. The van der Waals surface area contributed by atoms with Crippen LogP contribution in [-0.4, -0.2) is 54.3 Å². The van der Waals surface area contributed by atoms with E-state index < -0.39 is 10.0 Å². The molecule has 0 saturated carbocycles. The first kappa shape index (κ1) is 23.5. The molecule has 0 aliphatic carbocycles. The zero-order valence-corrected chi connectivity index (χ0v) is 20.0. The summed E-state index contributed by atoms with van der Waals surface area (Å²) in [4.78, 5) is 14.6. The number of aryl methyl sites for hydroxylation is 1. The van der Waals surface area contributed by atoms with E-state index in [1.807, 2.05) is 62.4 Å². The fraction of sp³-hybridized carbons (Fsp3) is 0.231. The van der Waals surface area contributed by atoms with Crippen LogP contribution in [-0.2, 0) is 14.8 Å². The van der Waals surface area contributed by atoms with Gasteiger partial charge in [-0.25, -0.2) is 8.42 Å². The van der Waals surface area contributed by atoms with Gasteiger partial charge < -0.3 is 9.47 Å². The van der Waals surface area contributed by atoms with Crippen LogP contribution in [0.3, 0.4) is 0 Å². The van der Waals surface area contributed by atoms with Crippen molar-refractivity contribution in [2.75, 3.05) is 26.2 Å². The minimum Gasteiger partial charge on any atom is -0.337 e. The van der Waals surface area contributed by atoms with Crippen molar-refractivity contribution in [1.29, 1.82) is 5.26 Å². The number of hydrogen-bond acceptors (Lipinski definition) is 4. The van der Waals surface area contributed by atoms with Crippen molar-refractivity contribution >= 4 is 22.0 Å². The number of nitrogens with zero attached hydrogens (tertiary/aromatic N) is 4. The molecule has 1 aliphatic rings. The van der Waals surface area contributed by atoms with Crippen molar-refractivity contribution in [2.45, 2.75) is 18.7 Å². The second-order valence-electron chi connectivity index (χ2n) is 8.20. The van der Waals surface area contributed by atoms with Crippen molar-refractivity contribution in [3.8, 4) is 11.8 Å². The number of hydrogen-bond donors (Lipinski definition) is 0. The SMILES string of the molecule is Cc1cc(/C=C/C(=O)N2CCN(S(=O)(=O)c3ccc(C#N)cc3)CC2)c(C)n1-c1ccccc1. The number of amides is 1. The zero-order valence-electron chi connectivity index (χ0n) is 19.2. The lowest BCUT2D eigenvalue weighted by Gasteiger charge is -2.33.